The highest BCUT2D eigenvalue weighted by atomic mass is 35.5. The van der Waals surface area contributed by atoms with Gasteiger partial charge in [0.25, 0.3) is 0 Å². The molecule has 1 aromatic rings. The van der Waals surface area contributed by atoms with Crippen LogP contribution in [0.5, 0.6) is 0 Å². The predicted molar refractivity (Wildman–Crippen MR) is 77.3 cm³/mol. The molecule has 0 radical (unpaired) electrons. The van der Waals surface area contributed by atoms with Gasteiger partial charge in [0.1, 0.15) is 0 Å². The smallest absolute Gasteiger partial charge is 0.315 e. The molecule has 22 heavy (non-hydrogen) atoms. The molecular formula is C13H16ClF3N2O2S. The maximum absolute atomic E-state index is 12.7. The molecule has 1 N–H and O–H groups in total. The van der Waals surface area contributed by atoms with Crippen LogP contribution in [-0.2, 0) is 16.2 Å². The van der Waals surface area contributed by atoms with Crippen molar-refractivity contribution in [1.29, 1.82) is 0 Å². The van der Waals surface area contributed by atoms with Crippen molar-refractivity contribution in [3.8, 4) is 0 Å². The quantitative estimate of drug-likeness (QED) is 0.883. The lowest BCUT2D eigenvalue weighted by Crippen LogP contribution is -2.39. The Morgan fingerprint density at radius 2 is 1.95 bits per heavy atom. The van der Waals surface area contributed by atoms with Gasteiger partial charge in [0.2, 0.25) is 10.0 Å². The zero-order valence-corrected chi connectivity index (χ0v) is 13.1. The molecule has 3 rings (SSSR count). The summed E-state index contributed by atoms with van der Waals surface area (Å²) in [7, 11) is -3.88. The molecule has 0 bridgehead atoms. The van der Waals surface area contributed by atoms with Crippen LogP contribution in [0.2, 0.25) is 0 Å². The Kier molecular flexibility index (Phi) is 4.77. The van der Waals surface area contributed by atoms with Gasteiger partial charge in [0.15, 0.2) is 0 Å². The van der Waals surface area contributed by atoms with E-state index in [1.807, 2.05) is 0 Å². The van der Waals surface area contributed by atoms with Gasteiger partial charge in [-0.25, -0.2) is 8.42 Å². The van der Waals surface area contributed by atoms with Crippen molar-refractivity contribution in [2.24, 2.45) is 5.92 Å². The standard InChI is InChI=1S/C13H15F3N2O2S.ClH/c14-13(15,16)10-2-1-3-11(6-10)21(19,20)18-5-4-9-7-17-8-12(9)18;/h1-3,6,9,12,17H,4-5,7-8H2;1H/t9-,12+;/m0./s1. The Morgan fingerprint density at radius 1 is 1.23 bits per heavy atom. The van der Waals surface area contributed by atoms with Crippen LogP contribution in [0.15, 0.2) is 29.2 Å². The van der Waals surface area contributed by atoms with E-state index in [2.05, 4.69) is 5.32 Å². The minimum Gasteiger partial charge on any atom is -0.315 e. The van der Waals surface area contributed by atoms with E-state index < -0.39 is 21.8 Å². The molecule has 2 heterocycles. The Hall–Kier alpha value is -0.830. The average molecular weight is 357 g/mol. The fourth-order valence-corrected chi connectivity index (χ4v) is 4.82. The number of benzene rings is 1. The van der Waals surface area contributed by atoms with E-state index in [0.29, 0.717) is 19.2 Å². The van der Waals surface area contributed by atoms with Gasteiger partial charge in [0, 0.05) is 19.1 Å². The molecule has 9 heteroatoms. The highest BCUT2D eigenvalue weighted by Gasteiger charge is 2.44. The molecule has 0 aliphatic carbocycles. The van der Waals surface area contributed by atoms with Crippen LogP contribution in [-0.4, -0.2) is 38.4 Å². The van der Waals surface area contributed by atoms with Gasteiger partial charge in [-0.2, -0.15) is 17.5 Å². The lowest BCUT2D eigenvalue weighted by molar-refractivity contribution is -0.137. The molecule has 0 saturated carbocycles. The van der Waals surface area contributed by atoms with Gasteiger partial charge in [-0.1, -0.05) is 6.07 Å². The van der Waals surface area contributed by atoms with Crippen LogP contribution >= 0.6 is 12.4 Å². The average Bonchev–Trinajstić information content (AvgIpc) is 2.99. The van der Waals surface area contributed by atoms with E-state index in [4.69, 9.17) is 0 Å². The van der Waals surface area contributed by atoms with E-state index in [9.17, 15) is 21.6 Å². The number of nitrogens with one attached hydrogen (secondary N) is 1. The third kappa shape index (κ3) is 2.97. The zero-order valence-electron chi connectivity index (χ0n) is 11.5. The van der Waals surface area contributed by atoms with Crippen molar-refractivity contribution in [3.63, 3.8) is 0 Å². The normalized spacial score (nSPS) is 25.8. The monoisotopic (exact) mass is 356 g/mol. The summed E-state index contributed by atoms with van der Waals surface area (Å²) < 4.78 is 64.7. The van der Waals surface area contributed by atoms with E-state index in [0.717, 1.165) is 25.1 Å². The molecule has 4 nitrogen and oxygen atoms in total. The fraction of sp³-hybridized carbons (Fsp3) is 0.538. The van der Waals surface area contributed by atoms with Crippen LogP contribution in [0.3, 0.4) is 0 Å². The number of hydrogen-bond donors (Lipinski definition) is 1. The van der Waals surface area contributed by atoms with E-state index in [-0.39, 0.29) is 29.3 Å². The fourth-order valence-electron chi connectivity index (χ4n) is 3.08. The topological polar surface area (TPSA) is 49.4 Å². The Bertz CT molecular complexity index is 651. The molecule has 2 aliphatic rings. The summed E-state index contributed by atoms with van der Waals surface area (Å²) in [6.07, 6.45) is -3.80. The molecule has 0 amide bonds. The second-order valence-corrected chi connectivity index (χ2v) is 7.31. The summed E-state index contributed by atoms with van der Waals surface area (Å²) >= 11 is 0. The summed E-state index contributed by atoms with van der Waals surface area (Å²) in [6, 6.07) is 3.80. The number of sulfonamides is 1. The third-order valence-corrected chi connectivity index (χ3v) is 6.08. The van der Waals surface area contributed by atoms with Gasteiger partial charge in [-0.3, -0.25) is 0 Å². The molecule has 2 fully saturated rings. The molecule has 2 saturated heterocycles. The molecule has 0 unspecified atom stereocenters. The van der Waals surface area contributed by atoms with Gasteiger partial charge in [0.05, 0.1) is 10.5 Å². The molecule has 2 atom stereocenters. The van der Waals surface area contributed by atoms with Crippen LogP contribution in [0.1, 0.15) is 12.0 Å². The van der Waals surface area contributed by atoms with Crippen molar-refractivity contribution in [2.45, 2.75) is 23.5 Å². The van der Waals surface area contributed by atoms with Crippen LogP contribution < -0.4 is 5.32 Å². The number of fused-ring (bicyclic) bond motifs is 1. The lowest BCUT2D eigenvalue weighted by atomic mass is 10.1. The molecule has 0 aromatic heterocycles. The number of halogens is 4. The largest absolute Gasteiger partial charge is 0.416 e. The molecule has 0 spiro atoms. The first kappa shape index (κ1) is 17.5. The van der Waals surface area contributed by atoms with Crippen molar-refractivity contribution < 1.29 is 21.6 Å². The summed E-state index contributed by atoms with van der Waals surface area (Å²) in [5.41, 5.74) is -0.941. The first-order chi connectivity index (χ1) is 9.80. The van der Waals surface area contributed by atoms with Crippen molar-refractivity contribution in [3.05, 3.63) is 29.8 Å². The van der Waals surface area contributed by atoms with Crippen LogP contribution in [0.25, 0.3) is 0 Å². The molecule has 1 aromatic carbocycles. The number of nitrogens with zero attached hydrogens (tertiary/aromatic N) is 1. The lowest BCUT2D eigenvalue weighted by Gasteiger charge is -2.23. The van der Waals surface area contributed by atoms with E-state index >= 15 is 0 Å². The second kappa shape index (κ2) is 5.99. The highest BCUT2D eigenvalue weighted by Crippen LogP contribution is 2.35. The summed E-state index contributed by atoms with van der Waals surface area (Å²) in [6.45, 7) is 1.69. The number of hydrogen-bond acceptors (Lipinski definition) is 3. The zero-order chi connectivity index (χ0) is 15.3. The van der Waals surface area contributed by atoms with Crippen molar-refractivity contribution in [1.82, 2.24) is 9.62 Å². The van der Waals surface area contributed by atoms with E-state index in [1.54, 1.807) is 0 Å². The summed E-state index contributed by atoms with van der Waals surface area (Å²) in [5, 5.41) is 3.13. The SMILES string of the molecule is Cl.O=S(=O)(c1cccc(C(F)(F)F)c1)N1CC[C@H]2CNC[C@H]21. The third-order valence-electron chi connectivity index (χ3n) is 4.16. The Morgan fingerprint density at radius 3 is 2.64 bits per heavy atom. The maximum atomic E-state index is 12.7. The minimum atomic E-state index is -4.55. The summed E-state index contributed by atoms with van der Waals surface area (Å²) in [5.74, 6) is 0.255. The van der Waals surface area contributed by atoms with Gasteiger partial charge >= 0.3 is 6.18 Å². The minimum absolute atomic E-state index is 0. The molecule has 2 aliphatic heterocycles. The van der Waals surface area contributed by atoms with E-state index in [1.165, 1.54) is 10.4 Å². The predicted octanol–water partition coefficient (Wildman–Crippen LogP) is 2.11. The van der Waals surface area contributed by atoms with Gasteiger partial charge < -0.3 is 5.32 Å². The second-order valence-electron chi connectivity index (χ2n) is 5.42. The van der Waals surface area contributed by atoms with Crippen molar-refractivity contribution in [2.75, 3.05) is 19.6 Å². The number of rotatable bonds is 2. The number of alkyl halides is 3. The first-order valence-electron chi connectivity index (χ1n) is 6.70. The van der Waals surface area contributed by atoms with Crippen LogP contribution in [0, 0.1) is 5.92 Å². The van der Waals surface area contributed by atoms with Gasteiger partial charge in [-0.15, -0.1) is 12.4 Å². The molecule has 124 valence electrons. The van der Waals surface area contributed by atoms with Gasteiger partial charge in [-0.05, 0) is 37.1 Å². The first-order valence-corrected chi connectivity index (χ1v) is 8.14. The highest BCUT2D eigenvalue weighted by molar-refractivity contribution is 7.89. The Labute approximate surface area is 133 Å². The summed E-state index contributed by atoms with van der Waals surface area (Å²) in [4.78, 5) is -0.287. The maximum Gasteiger partial charge on any atom is 0.416 e. The molecular weight excluding hydrogens is 341 g/mol. The van der Waals surface area contributed by atoms with Crippen LogP contribution in [0.4, 0.5) is 13.2 Å². The van der Waals surface area contributed by atoms with Crippen molar-refractivity contribution >= 4 is 22.4 Å². The Balaban J connectivity index is 0.00000176.